The second-order valence-corrected chi connectivity index (χ2v) is 16.4. The average Bonchev–Trinajstić information content (AvgIpc) is 3.41. The zero-order chi connectivity index (χ0) is 41.0. The molecule has 1 aliphatic heterocycles. The zero-order valence-electron chi connectivity index (χ0n) is 34.5. The standard InChI is InChI=1S/C41H60ClN5O9/c1-40(2,3)55-38(49)28-23-32(42)31-27-47(44-33(31)24-28)19-10-13-30(54-37(48)29-25-34(51-7)36(53-9)35(26-29)52-8)14-20-46-18-12-17-45(21-22-46)16-11-15-43-39(50)56-41(4,5)6/h23-27,30H,10-22H2,1-9H3,(H,43,50). The number of rotatable bonds is 17. The van der Waals surface area contributed by atoms with Crippen LogP contribution in [0.4, 0.5) is 4.79 Å². The van der Waals surface area contributed by atoms with Crippen LogP contribution in [0.3, 0.4) is 0 Å². The second-order valence-electron chi connectivity index (χ2n) is 16.0. The van der Waals surface area contributed by atoms with E-state index in [1.807, 2.05) is 47.7 Å². The summed E-state index contributed by atoms with van der Waals surface area (Å²) < 4.78 is 35.3. The third kappa shape index (κ3) is 13.7. The van der Waals surface area contributed by atoms with E-state index in [1.165, 1.54) is 21.3 Å². The molecular formula is C41H60ClN5O9. The molecule has 0 bridgehead atoms. The van der Waals surface area contributed by atoms with Gasteiger partial charge in [0.15, 0.2) is 11.5 Å². The van der Waals surface area contributed by atoms with Crippen molar-refractivity contribution in [3.05, 3.63) is 46.6 Å². The van der Waals surface area contributed by atoms with Gasteiger partial charge in [-0.2, -0.15) is 5.10 Å². The van der Waals surface area contributed by atoms with Gasteiger partial charge in [0.25, 0.3) is 0 Å². The van der Waals surface area contributed by atoms with E-state index in [4.69, 9.17) is 45.1 Å². The van der Waals surface area contributed by atoms with Crippen LogP contribution in [-0.4, -0.2) is 122 Å². The van der Waals surface area contributed by atoms with E-state index < -0.39 is 29.2 Å². The van der Waals surface area contributed by atoms with Crippen molar-refractivity contribution >= 4 is 40.5 Å². The molecule has 14 nitrogen and oxygen atoms in total. The fraction of sp³-hybridized carbons (Fsp3) is 0.610. The molecule has 56 heavy (non-hydrogen) atoms. The van der Waals surface area contributed by atoms with E-state index in [9.17, 15) is 14.4 Å². The minimum atomic E-state index is -0.638. The number of hydrogen-bond donors (Lipinski definition) is 1. The summed E-state index contributed by atoms with van der Waals surface area (Å²) in [7, 11) is 4.52. The van der Waals surface area contributed by atoms with Crippen LogP contribution in [-0.2, 0) is 20.8 Å². The van der Waals surface area contributed by atoms with Crippen LogP contribution in [0, 0.1) is 0 Å². The Morgan fingerprint density at radius 1 is 0.768 bits per heavy atom. The molecule has 1 unspecified atom stereocenters. The molecule has 1 atom stereocenters. The molecule has 1 aliphatic rings. The maximum atomic E-state index is 13.6. The van der Waals surface area contributed by atoms with Gasteiger partial charge in [0.1, 0.15) is 17.3 Å². The first-order valence-corrected chi connectivity index (χ1v) is 19.7. The van der Waals surface area contributed by atoms with Crippen LogP contribution >= 0.6 is 11.6 Å². The molecule has 1 aromatic heterocycles. The van der Waals surface area contributed by atoms with Gasteiger partial charge in [-0.3, -0.25) is 4.68 Å². The van der Waals surface area contributed by atoms with Crippen molar-refractivity contribution < 1.29 is 42.8 Å². The number of methoxy groups -OCH3 is 3. The van der Waals surface area contributed by atoms with Crippen LogP contribution < -0.4 is 19.5 Å². The van der Waals surface area contributed by atoms with Crippen LogP contribution in [0.15, 0.2) is 30.5 Å². The maximum absolute atomic E-state index is 13.6. The molecule has 310 valence electrons. The second kappa shape index (κ2) is 20.2. The Kier molecular flexibility index (Phi) is 16.1. The fourth-order valence-corrected chi connectivity index (χ4v) is 6.73. The van der Waals surface area contributed by atoms with Gasteiger partial charge in [-0.1, -0.05) is 11.6 Å². The first-order valence-electron chi connectivity index (χ1n) is 19.3. The molecule has 1 N–H and O–H groups in total. The van der Waals surface area contributed by atoms with Crippen molar-refractivity contribution in [1.82, 2.24) is 24.9 Å². The summed E-state index contributed by atoms with van der Waals surface area (Å²) in [5.74, 6) is 0.177. The number of halogens is 1. The van der Waals surface area contributed by atoms with Crippen LogP contribution in [0.25, 0.3) is 10.9 Å². The van der Waals surface area contributed by atoms with Crippen molar-refractivity contribution in [2.75, 3.05) is 67.1 Å². The maximum Gasteiger partial charge on any atom is 0.407 e. The molecule has 1 amide bonds. The first-order chi connectivity index (χ1) is 26.5. The van der Waals surface area contributed by atoms with Gasteiger partial charge in [0, 0.05) is 44.3 Å². The zero-order valence-corrected chi connectivity index (χ0v) is 35.3. The Morgan fingerprint density at radius 2 is 1.39 bits per heavy atom. The molecule has 1 saturated heterocycles. The van der Waals surface area contributed by atoms with Gasteiger partial charge in [0.2, 0.25) is 5.75 Å². The van der Waals surface area contributed by atoms with Crippen LogP contribution in [0.2, 0.25) is 5.02 Å². The number of hydrogen-bond acceptors (Lipinski definition) is 12. The number of carbonyl (C=O) groups excluding carboxylic acids is 3. The molecule has 0 spiro atoms. The SMILES string of the molecule is COc1cc(C(=O)OC(CCCn2cc3c(Cl)cc(C(=O)OC(C)(C)C)cc3n2)CCN2CCCN(CCCNC(=O)OC(C)(C)C)CC2)cc(OC)c1OC. The molecule has 2 aromatic carbocycles. The van der Waals surface area contributed by atoms with Crippen LogP contribution in [0.1, 0.15) is 94.4 Å². The van der Waals surface area contributed by atoms with E-state index in [1.54, 1.807) is 28.9 Å². The van der Waals surface area contributed by atoms with E-state index in [0.717, 1.165) is 57.5 Å². The Hall–Kier alpha value is -4.27. The van der Waals surface area contributed by atoms with E-state index in [0.29, 0.717) is 71.3 Å². The number of nitrogens with zero attached hydrogens (tertiary/aromatic N) is 4. The highest BCUT2D eigenvalue weighted by molar-refractivity contribution is 6.35. The number of aryl methyl sites for hydroxylation is 1. The molecule has 0 saturated carbocycles. The molecule has 15 heteroatoms. The van der Waals surface area contributed by atoms with Gasteiger partial charge in [-0.25, -0.2) is 14.4 Å². The number of carbonyl (C=O) groups is 3. The van der Waals surface area contributed by atoms with Crippen molar-refractivity contribution in [2.45, 2.75) is 97.5 Å². The number of fused-ring (bicyclic) bond motifs is 1. The van der Waals surface area contributed by atoms with Crippen molar-refractivity contribution in [1.29, 1.82) is 0 Å². The van der Waals surface area contributed by atoms with Crippen LogP contribution in [0.5, 0.6) is 17.2 Å². The van der Waals surface area contributed by atoms with Crippen molar-refractivity contribution in [3.8, 4) is 17.2 Å². The Bertz CT molecular complexity index is 1760. The third-order valence-electron chi connectivity index (χ3n) is 9.11. The summed E-state index contributed by atoms with van der Waals surface area (Å²) in [6, 6.07) is 6.49. The minimum Gasteiger partial charge on any atom is -0.493 e. The normalized spacial score (nSPS) is 14.8. The van der Waals surface area contributed by atoms with Gasteiger partial charge in [0.05, 0.1) is 43.0 Å². The quantitative estimate of drug-likeness (QED) is 0.0854. The molecule has 4 rings (SSSR count). The summed E-state index contributed by atoms with van der Waals surface area (Å²) in [5.41, 5.74) is 0.0731. The Balaban J connectivity index is 1.39. The first kappa shape index (κ1) is 44.4. The largest absolute Gasteiger partial charge is 0.493 e. The minimum absolute atomic E-state index is 0.296. The monoisotopic (exact) mass is 801 g/mol. The molecule has 3 aromatic rings. The lowest BCUT2D eigenvalue weighted by Crippen LogP contribution is -2.36. The molecule has 0 radical (unpaired) electrons. The van der Waals surface area contributed by atoms with Gasteiger partial charge < -0.3 is 43.5 Å². The summed E-state index contributed by atoms with van der Waals surface area (Å²) in [6.45, 7) is 17.5. The number of amides is 1. The Labute approximate surface area is 336 Å². The number of benzene rings is 2. The number of ether oxygens (including phenoxy) is 6. The van der Waals surface area contributed by atoms with E-state index in [-0.39, 0.29) is 6.10 Å². The summed E-state index contributed by atoms with van der Waals surface area (Å²) in [4.78, 5) is 43.2. The highest BCUT2D eigenvalue weighted by Crippen LogP contribution is 2.38. The third-order valence-corrected chi connectivity index (χ3v) is 9.42. The lowest BCUT2D eigenvalue weighted by molar-refractivity contribution is 0.00686. The number of esters is 2. The topological polar surface area (TPSA) is 143 Å². The highest BCUT2D eigenvalue weighted by Gasteiger charge is 2.24. The molecular weight excluding hydrogens is 742 g/mol. The summed E-state index contributed by atoms with van der Waals surface area (Å²) in [5, 5.41) is 8.69. The average molecular weight is 802 g/mol. The summed E-state index contributed by atoms with van der Waals surface area (Å²) in [6.07, 6.45) is 4.84. The Morgan fingerprint density at radius 3 is 2.00 bits per heavy atom. The predicted octanol–water partition coefficient (Wildman–Crippen LogP) is 6.99. The van der Waals surface area contributed by atoms with Gasteiger partial charge in [-0.15, -0.1) is 0 Å². The van der Waals surface area contributed by atoms with Gasteiger partial charge in [-0.05, 0) is 118 Å². The number of alkyl carbamates (subject to hydrolysis) is 1. The molecule has 2 heterocycles. The molecule has 0 aliphatic carbocycles. The smallest absolute Gasteiger partial charge is 0.407 e. The fourth-order valence-electron chi connectivity index (χ4n) is 6.47. The lowest BCUT2D eigenvalue weighted by atomic mass is 10.1. The van der Waals surface area contributed by atoms with Crippen molar-refractivity contribution in [3.63, 3.8) is 0 Å². The van der Waals surface area contributed by atoms with E-state index in [2.05, 4.69) is 15.1 Å². The summed E-state index contributed by atoms with van der Waals surface area (Å²) >= 11 is 6.58. The predicted molar refractivity (Wildman–Crippen MR) is 215 cm³/mol. The number of aromatic nitrogens is 2. The molecule has 1 fully saturated rings. The van der Waals surface area contributed by atoms with Gasteiger partial charge >= 0.3 is 18.0 Å². The van der Waals surface area contributed by atoms with Crippen molar-refractivity contribution in [2.24, 2.45) is 0 Å². The lowest BCUT2D eigenvalue weighted by Gasteiger charge is -2.25. The number of nitrogens with one attached hydrogen (secondary N) is 1. The van der Waals surface area contributed by atoms with E-state index >= 15 is 0 Å². The highest BCUT2D eigenvalue weighted by atomic mass is 35.5.